The molecule has 0 saturated heterocycles. The number of ether oxygens (including phenoxy) is 2. The number of anilines is 2. The van der Waals surface area contributed by atoms with Crippen molar-refractivity contribution >= 4 is 29.1 Å². The van der Waals surface area contributed by atoms with Gasteiger partial charge in [0.05, 0.1) is 25.0 Å². The summed E-state index contributed by atoms with van der Waals surface area (Å²) in [5.41, 5.74) is 1.40. The largest absolute Gasteiger partial charge is 0.494 e. The number of nitrogens with one attached hydrogen (secondary N) is 1. The van der Waals surface area contributed by atoms with Gasteiger partial charge >= 0.3 is 5.97 Å². The number of esters is 1. The first kappa shape index (κ1) is 18.6. The number of hydrogen-bond donors (Lipinski definition) is 1. The highest BCUT2D eigenvalue weighted by Gasteiger charge is 2.19. The van der Waals surface area contributed by atoms with Crippen LogP contribution in [0.1, 0.15) is 17.3 Å². The highest BCUT2D eigenvalue weighted by molar-refractivity contribution is 6.28. The molecule has 0 aliphatic carbocycles. The summed E-state index contributed by atoms with van der Waals surface area (Å²) in [5, 5.41) is 7.36. The van der Waals surface area contributed by atoms with E-state index in [1.165, 1.54) is 13.3 Å². The Morgan fingerprint density at radius 2 is 2.15 bits per heavy atom. The average Bonchev–Trinajstić information content (AvgIpc) is 3.08. The predicted octanol–water partition coefficient (Wildman–Crippen LogP) is 2.85. The quantitative estimate of drug-likeness (QED) is 0.507. The van der Waals surface area contributed by atoms with E-state index in [0.717, 1.165) is 0 Å². The zero-order valence-corrected chi connectivity index (χ0v) is 15.7. The van der Waals surface area contributed by atoms with Crippen LogP contribution in [0.5, 0.6) is 5.75 Å². The van der Waals surface area contributed by atoms with Gasteiger partial charge in [-0.15, -0.1) is 0 Å². The lowest BCUT2D eigenvalue weighted by molar-refractivity contribution is 0.0526. The summed E-state index contributed by atoms with van der Waals surface area (Å²) < 4.78 is 12.2. The molecule has 0 saturated carbocycles. The predicted molar refractivity (Wildman–Crippen MR) is 99.3 cm³/mol. The third kappa shape index (κ3) is 3.98. The number of hydrogen-bond acceptors (Lipinski definition) is 8. The highest BCUT2D eigenvalue weighted by Crippen LogP contribution is 2.36. The number of aromatic nitrogens is 5. The van der Waals surface area contributed by atoms with Crippen LogP contribution in [0.15, 0.2) is 30.7 Å². The maximum absolute atomic E-state index is 12.2. The van der Waals surface area contributed by atoms with Crippen LogP contribution in [0.25, 0.3) is 11.4 Å². The molecule has 140 valence electrons. The van der Waals surface area contributed by atoms with Gasteiger partial charge in [-0.25, -0.2) is 14.8 Å². The summed E-state index contributed by atoms with van der Waals surface area (Å²) in [6, 6.07) is 5.41. The Morgan fingerprint density at radius 3 is 2.81 bits per heavy atom. The Kier molecular flexibility index (Phi) is 5.51. The molecule has 3 aromatic rings. The van der Waals surface area contributed by atoms with Gasteiger partial charge in [-0.05, 0) is 30.7 Å². The van der Waals surface area contributed by atoms with Crippen LogP contribution in [-0.2, 0) is 11.8 Å². The second-order valence-electron chi connectivity index (χ2n) is 5.38. The number of carbonyl (C=O) groups is 1. The molecule has 0 atom stereocenters. The van der Waals surface area contributed by atoms with E-state index in [-0.39, 0.29) is 23.3 Å². The van der Waals surface area contributed by atoms with Crippen molar-refractivity contribution in [3.8, 4) is 17.1 Å². The van der Waals surface area contributed by atoms with Crippen LogP contribution >= 0.6 is 11.6 Å². The fourth-order valence-corrected chi connectivity index (χ4v) is 2.57. The number of aryl methyl sites for hydroxylation is 1. The third-order valence-electron chi connectivity index (χ3n) is 3.57. The number of halogens is 1. The summed E-state index contributed by atoms with van der Waals surface area (Å²) in [7, 11) is 3.31. The number of carbonyl (C=O) groups excluding carboxylic acids is 1. The topological polar surface area (TPSA) is 104 Å². The molecule has 10 heteroatoms. The van der Waals surface area contributed by atoms with Crippen LogP contribution in [0.3, 0.4) is 0 Å². The molecule has 2 heterocycles. The van der Waals surface area contributed by atoms with Crippen LogP contribution < -0.4 is 10.1 Å². The van der Waals surface area contributed by atoms with E-state index >= 15 is 0 Å². The average molecular weight is 389 g/mol. The fraction of sp³-hybridized carbons (Fsp3) is 0.235. The lowest BCUT2D eigenvalue weighted by atomic mass is 10.1. The Balaban J connectivity index is 2.04. The van der Waals surface area contributed by atoms with E-state index < -0.39 is 5.97 Å². The number of nitrogens with zero attached hydrogens (tertiary/aromatic N) is 5. The molecule has 0 spiro atoms. The normalized spacial score (nSPS) is 10.5. The minimum absolute atomic E-state index is 0.00735. The fourth-order valence-electron chi connectivity index (χ4n) is 2.44. The monoisotopic (exact) mass is 388 g/mol. The van der Waals surface area contributed by atoms with Gasteiger partial charge in [-0.1, -0.05) is 6.07 Å². The minimum Gasteiger partial charge on any atom is -0.494 e. The molecule has 0 aliphatic rings. The van der Waals surface area contributed by atoms with Gasteiger partial charge in [0.2, 0.25) is 5.28 Å². The molecule has 0 amide bonds. The third-order valence-corrected chi connectivity index (χ3v) is 3.75. The van der Waals surface area contributed by atoms with Gasteiger partial charge in [0.15, 0.2) is 11.6 Å². The van der Waals surface area contributed by atoms with Crippen LogP contribution in [0.2, 0.25) is 5.28 Å². The van der Waals surface area contributed by atoms with Gasteiger partial charge in [0.25, 0.3) is 0 Å². The van der Waals surface area contributed by atoms with Crippen molar-refractivity contribution in [3.05, 3.63) is 41.6 Å². The second-order valence-corrected chi connectivity index (χ2v) is 5.71. The van der Waals surface area contributed by atoms with Gasteiger partial charge in [-0.2, -0.15) is 10.1 Å². The Bertz CT molecular complexity index is 975. The van der Waals surface area contributed by atoms with E-state index in [1.807, 2.05) is 12.1 Å². The van der Waals surface area contributed by atoms with Gasteiger partial charge in [0.1, 0.15) is 17.7 Å². The molecule has 1 aromatic carbocycles. The molecular weight excluding hydrogens is 372 g/mol. The van der Waals surface area contributed by atoms with Crippen molar-refractivity contribution in [3.63, 3.8) is 0 Å². The number of para-hydroxylation sites is 1. The van der Waals surface area contributed by atoms with E-state index in [0.29, 0.717) is 22.8 Å². The van der Waals surface area contributed by atoms with Gasteiger partial charge in [-0.3, -0.25) is 4.68 Å². The molecule has 0 bridgehead atoms. The smallest absolute Gasteiger partial charge is 0.343 e. The van der Waals surface area contributed by atoms with Crippen LogP contribution in [0.4, 0.5) is 11.5 Å². The van der Waals surface area contributed by atoms with Crippen molar-refractivity contribution in [2.45, 2.75) is 6.92 Å². The highest BCUT2D eigenvalue weighted by atomic mass is 35.5. The first-order valence-electron chi connectivity index (χ1n) is 8.03. The maximum Gasteiger partial charge on any atom is 0.343 e. The zero-order valence-electron chi connectivity index (χ0n) is 14.9. The molecule has 1 N–H and O–H groups in total. The van der Waals surface area contributed by atoms with Crippen LogP contribution in [0, 0.1) is 0 Å². The molecular formula is C17H17ClN6O3. The van der Waals surface area contributed by atoms with Gasteiger partial charge < -0.3 is 14.8 Å². The Labute approximate surface area is 160 Å². The lowest BCUT2D eigenvalue weighted by Gasteiger charge is -2.15. The van der Waals surface area contributed by atoms with Gasteiger partial charge in [0, 0.05) is 13.2 Å². The zero-order chi connectivity index (χ0) is 19.4. The number of rotatable bonds is 6. The Morgan fingerprint density at radius 1 is 1.33 bits per heavy atom. The summed E-state index contributed by atoms with van der Waals surface area (Å²) in [6.07, 6.45) is 2.91. The van der Waals surface area contributed by atoms with Crippen molar-refractivity contribution in [1.82, 2.24) is 24.7 Å². The summed E-state index contributed by atoms with van der Waals surface area (Å²) in [6.45, 7) is 1.94. The van der Waals surface area contributed by atoms with E-state index in [2.05, 4.69) is 25.4 Å². The van der Waals surface area contributed by atoms with Crippen LogP contribution in [-0.4, -0.2) is 44.4 Å². The summed E-state index contributed by atoms with van der Waals surface area (Å²) in [5.74, 6) is 0.647. The van der Waals surface area contributed by atoms with Crippen molar-refractivity contribution < 1.29 is 14.3 Å². The first-order chi connectivity index (χ1) is 13.0. The Hall–Kier alpha value is -3.20. The standard InChI is InChI=1S/C17H17ClN6O3/c1-4-27-16(25)11-8-19-17(18)22-15(11)21-12-7-5-6-10(13(12)26-3)14-20-9-24(2)23-14/h5-9H,4H2,1-3H3,(H,19,21,22). The molecule has 3 rings (SSSR count). The molecule has 0 aliphatic heterocycles. The minimum atomic E-state index is -0.557. The van der Waals surface area contributed by atoms with Crippen molar-refractivity contribution in [2.75, 3.05) is 19.0 Å². The summed E-state index contributed by atoms with van der Waals surface area (Å²) in [4.78, 5) is 24.4. The van der Waals surface area contributed by atoms with E-state index in [9.17, 15) is 4.79 Å². The first-order valence-corrected chi connectivity index (χ1v) is 8.41. The molecule has 2 aromatic heterocycles. The number of methoxy groups -OCH3 is 1. The number of benzene rings is 1. The van der Waals surface area contributed by atoms with Crippen molar-refractivity contribution in [2.24, 2.45) is 7.05 Å². The second kappa shape index (κ2) is 8.00. The molecule has 0 unspecified atom stereocenters. The van der Waals surface area contributed by atoms with E-state index in [1.54, 1.807) is 31.0 Å². The van der Waals surface area contributed by atoms with Crippen molar-refractivity contribution in [1.29, 1.82) is 0 Å². The molecule has 0 radical (unpaired) electrons. The SMILES string of the molecule is CCOC(=O)c1cnc(Cl)nc1Nc1cccc(-c2ncn(C)n2)c1OC. The molecule has 0 fully saturated rings. The maximum atomic E-state index is 12.2. The summed E-state index contributed by atoms with van der Waals surface area (Å²) >= 11 is 5.90. The molecule has 27 heavy (non-hydrogen) atoms. The van der Waals surface area contributed by atoms with E-state index in [4.69, 9.17) is 21.1 Å². The molecule has 9 nitrogen and oxygen atoms in total. The lowest BCUT2D eigenvalue weighted by Crippen LogP contribution is -2.11.